The predicted molar refractivity (Wildman–Crippen MR) is 55.4 cm³/mol. The lowest BCUT2D eigenvalue weighted by molar-refractivity contribution is 0.218. The van der Waals surface area contributed by atoms with Gasteiger partial charge in [-0.15, -0.1) is 11.3 Å². The van der Waals surface area contributed by atoms with E-state index in [9.17, 15) is 5.11 Å². The molecule has 0 aliphatic rings. The number of aliphatic hydroxyl groups excluding tert-OH is 1. The second kappa shape index (κ2) is 4.04. The Morgan fingerprint density at radius 3 is 2.86 bits per heavy atom. The van der Waals surface area contributed by atoms with E-state index in [1.54, 1.807) is 23.8 Å². The number of halogens is 1. The van der Waals surface area contributed by atoms with Crippen LogP contribution in [-0.4, -0.2) is 15.1 Å². The highest BCUT2D eigenvalue weighted by atomic mass is 35.5. The summed E-state index contributed by atoms with van der Waals surface area (Å²) in [7, 11) is 0. The fourth-order valence-electron chi connectivity index (χ4n) is 1.07. The van der Waals surface area contributed by atoms with Crippen LogP contribution in [0.3, 0.4) is 0 Å². The van der Waals surface area contributed by atoms with E-state index in [1.165, 1.54) is 17.5 Å². The van der Waals surface area contributed by atoms with Crippen LogP contribution < -0.4 is 0 Å². The first kappa shape index (κ1) is 9.58. The van der Waals surface area contributed by atoms with Gasteiger partial charge in [0.25, 0.3) is 0 Å². The smallest absolute Gasteiger partial charge is 0.132 e. The molecule has 0 aliphatic carbocycles. The molecular weight excluding hydrogens is 220 g/mol. The molecule has 0 spiro atoms. The van der Waals surface area contributed by atoms with Crippen molar-refractivity contribution >= 4 is 22.9 Å². The Morgan fingerprint density at radius 1 is 1.43 bits per heavy atom. The van der Waals surface area contributed by atoms with Crippen molar-refractivity contribution in [2.45, 2.75) is 6.10 Å². The van der Waals surface area contributed by atoms with Gasteiger partial charge in [0.1, 0.15) is 6.10 Å². The van der Waals surface area contributed by atoms with E-state index in [0.29, 0.717) is 10.7 Å². The summed E-state index contributed by atoms with van der Waals surface area (Å²) in [5, 5.41) is 12.3. The van der Waals surface area contributed by atoms with Gasteiger partial charge in [0.05, 0.1) is 16.9 Å². The third-order valence-corrected chi connectivity index (χ3v) is 3.05. The molecule has 72 valence electrons. The molecule has 2 aromatic rings. The molecule has 0 fully saturated rings. The molecule has 0 aromatic carbocycles. The highest BCUT2D eigenvalue weighted by Crippen LogP contribution is 2.28. The van der Waals surface area contributed by atoms with Crippen molar-refractivity contribution in [1.82, 2.24) is 9.97 Å². The molecule has 14 heavy (non-hydrogen) atoms. The summed E-state index contributed by atoms with van der Waals surface area (Å²) in [5.74, 6) is 0. The minimum atomic E-state index is -0.735. The second-order valence-electron chi connectivity index (χ2n) is 2.70. The van der Waals surface area contributed by atoms with Crippen molar-refractivity contribution in [1.29, 1.82) is 0 Å². The molecule has 0 saturated carbocycles. The second-order valence-corrected chi connectivity index (χ2v) is 4.08. The summed E-state index contributed by atoms with van der Waals surface area (Å²) in [5.41, 5.74) is 0.533. The van der Waals surface area contributed by atoms with Gasteiger partial charge in [-0.25, -0.2) is 0 Å². The molecule has 0 aliphatic heterocycles. The van der Waals surface area contributed by atoms with Crippen LogP contribution in [0.4, 0.5) is 0 Å². The van der Waals surface area contributed by atoms with Gasteiger partial charge in [-0.3, -0.25) is 9.97 Å². The highest BCUT2D eigenvalue weighted by Gasteiger charge is 2.13. The van der Waals surface area contributed by atoms with Crippen LogP contribution in [0.5, 0.6) is 0 Å². The molecular formula is C9H7ClN2OS. The summed E-state index contributed by atoms with van der Waals surface area (Å²) >= 11 is 7.16. The Labute approximate surface area is 90.0 Å². The molecule has 1 atom stereocenters. The lowest BCUT2D eigenvalue weighted by Gasteiger charge is -2.05. The van der Waals surface area contributed by atoms with Gasteiger partial charge in [-0.05, 0) is 6.07 Å². The first-order valence-electron chi connectivity index (χ1n) is 3.95. The van der Waals surface area contributed by atoms with Crippen LogP contribution in [0.1, 0.15) is 16.7 Å². The van der Waals surface area contributed by atoms with E-state index in [4.69, 9.17) is 11.6 Å². The van der Waals surface area contributed by atoms with E-state index in [1.807, 2.05) is 0 Å². The van der Waals surface area contributed by atoms with Crippen LogP contribution in [0.25, 0.3) is 0 Å². The van der Waals surface area contributed by atoms with E-state index < -0.39 is 6.10 Å². The number of hydrogen-bond acceptors (Lipinski definition) is 4. The molecule has 1 N–H and O–H groups in total. The van der Waals surface area contributed by atoms with Crippen LogP contribution in [0, 0.1) is 0 Å². The summed E-state index contributed by atoms with van der Waals surface area (Å²) < 4.78 is 0. The average Bonchev–Trinajstić information content (AvgIpc) is 2.65. The van der Waals surface area contributed by atoms with Crippen LogP contribution in [-0.2, 0) is 0 Å². The summed E-state index contributed by atoms with van der Waals surface area (Å²) in [4.78, 5) is 8.68. The molecule has 3 nitrogen and oxygen atoms in total. The van der Waals surface area contributed by atoms with Crippen LogP contribution in [0.15, 0.2) is 30.0 Å². The van der Waals surface area contributed by atoms with Gasteiger partial charge in [-0.1, -0.05) is 11.6 Å². The third kappa shape index (κ3) is 1.92. The van der Waals surface area contributed by atoms with Gasteiger partial charge >= 0.3 is 0 Å². The van der Waals surface area contributed by atoms with Crippen molar-refractivity contribution in [2.24, 2.45) is 0 Å². The van der Waals surface area contributed by atoms with Gasteiger partial charge in [0.15, 0.2) is 0 Å². The number of thiophene rings is 1. The highest BCUT2D eigenvalue weighted by molar-refractivity contribution is 7.10. The van der Waals surface area contributed by atoms with Crippen molar-refractivity contribution < 1.29 is 5.11 Å². The lowest BCUT2D eigenvalue weighted by atomic mass is 10.2. The maximum absolute atomic E-state index is 9.85. The minimum Gasteiger partial charge on any atom is -0.381 e. The minimum absolute atomic E-state index is 0.533. The quantitative estimate of drug-likeness (QED) is 0.855. The molecule has 1 unspecified atom stereocenters. The van der Waals surface area contributed by atoms with Crippen molar-refractivity contribution in [2.75, 3.05) is 0 Å². The molecule has 0 saturated heterocycles. The third-order valence-electron chi connectivity index (χ3n) is 1.72. The standard InChI is InChI=1S/C9H7ClN2OS/c10-6-3-8(14-5-6)9(13)7-4-11-1-2-12-7/h1-5,9,13H. The molecule has 5 heteroatoms. The number of nitrogens with zero attached hydrogens (tertiary/aromatic N) is 2. The number of aromatic nitrogens is 2. The van der Waals surface area contributed by atoms with Crippen molar-refractivity contribution in [3.05, 3.63) is 45.6 Å². The first-order valence-corrected chi connectivity index (χ1v) is 5.21. The zero-order valence-electron chi connectivity index (χ0n) is 7.09. The Hall–Kier alpha value is -0.970. The lowest BCUT2D eigenvalue weighted by Crippen LogP contribution is -2.00. The molecule has 2 aromatic heterocycles. The Balaban J connectivity index is 2.29. The zero-order chi connectivity index (χ0) is 9.97. The van der Waals surface area contributed by atoms with E-state index in [-0.39, 0.29) is 0 Å². The molecule has 0 amide bonds. The molecule has 2 rings (SSSR count). The van der Waals surface area contributed by atoms with Gasteiger partial charge < -0.3 is 5.11 Å². The van der Waals surface area contributed by atoms with E-state index in [2.05, 4.69) is 9.97 Å². The normalized spacial score (nSPS) is 12.7. The summed E-state index contributed by atoms with van der Waals surface area (Å²) in [6.07, 6.45) is 3.92. The Kier molecular flexibility index (Phi) is 2.77. The van der Waals surface area contributed by atoms with Gasteiger partial charge in [-0.2, -0.15) is 0 Å². The first-order chi connectivity index (χ1) is 6.77. The number of hydrogen-bond donors (Lipinski definition) is 1. The Bertz CT molecular complexity index is 418. The fourth-order valence-corrected chi connectivity index (χ4v) is 2.15. The van der Waals surface area contributed by atoms with Crippen molar-refractivity contribution in [3.8, 4) is 0 Å². The van der Waals surface area contributed by atoms with Gasteiger partial charge in [0, 0.05) is 22.7 Å². The SMILES string of the molecule is OC(c1cnccn1)c1cc(Cl)cs1. The summed E-state index contributed by atoms with van der Waals surface area (Å²) in [6.45, 7) is 0. The average molecular weight is 227 g/mol. The Morgan fingerprint density at radius 2 is 2.29 bits per heavy atom. The van der Waals surface area contributed by atoms with Crippen LogP contribution in [0.2, 0.25) is 5.02 Å². The zero-order valence-corrected chi connectivity index (χ0v) is 8.66. The molecule has 0 bridgehead atoms. The largest absolute Gasteiger partial charge is 0.381 e. The number of aliphatic hydroxyl groups is 1. The van der Waals surface area contributed by atoms with Crippen molar-refractivity contribution in [3.63, 3.8) is 0 Å². The fraction of sp³-hybridized carbons (Fsp3) is 0.111. The monoisotopic (exact) mass is 226 g/mol. The van der Waals surface area contributed by atoms with Crippen LogP contribution >= 0.6 is 22.9 Å². The van der Waals surface area contributed by atoms with Gasteiger partial charge in [0.2, 0.25) is 0 Å². The molecule has 0 radical (unpaired) electrons. The summed E-state index contributed by atoms with van der Waals surface area (Å²) in [6, 6.07) is 1.73. The maximum atomic E-state index is 9.85. The molecule has 2 heterocycles. The predicted octanol–water partition coefficient (Wildman–Crippen LogP) is 2.27. The number of rotatable bonds is 2. The topological polar surface area (TPSA) is 46.0 Å². The van der Waals surface area contributed by atoms with E-state index in [0.717, 1.165) is 4.88 Å². The van der Waals surface area contributed by atoms with E-state index >= 15 is 0 Å². The maximum Gasteiger partial charge on any atom is 0.132 e.